The van der Waals surface area contributed by atoms with Crippen LogP contribution < -0.4 is 5.32 Å². The van der Waals surface area contributed by atoms with Crippen molar-refractivity contribution in [2.75, 3.05) is 6.61 Å². The molecule has 1 atom stereocenters. The fourth-order valence-corrected chi connectivity index (χ4v) is 2.78. The van der Waals surface area contributed by atoms with Crippen LogP contribution in [-0.2, 0) is 0 Å². The lowest BCUT2D eigenvalue weighted by Crippen LogP contribution is -2.33. The standard InChI is InChI=1S/C21H25NO3/c1-14-10-11-15(2)19(13-14)20(24)17-8-4-5-9-18(17)21(25)22-16(3)7-6-12-23/h4-5,8-11,13,16,23H,6-7,12H2,1-3H3,(H,22,25). The summed E-state index contributed by atoms with van der Waals surface area (Å²) < 4.78 is 0. The second kappa shape index (κ2) is 8.58. The summed E-state index contributed by atoms with van der Waals surface area (Å²) in [6.45, 7) is 5.83. The highest BCUT2D eigenvalue weighted by Gasteiger charge is 2.20. The molecule has 132 valence electrons. The Kier molecular flexibility index (Phi) is 6.48. The van der Waals surface area contributed by atoms with Crippen molar-refractivity contribution in [2.24, 2.45) is 0 Å². The van der Waals surface area contributed by atoms with Gasteiger partial charge in [0.2, 0.25) is 0 Å². The van der Waals surface area contributed by atoms with E-state index in [-0.39, 0.29) is 24.3 Å². The molecule has 0 aliphatic rings. The molecule has 0 radical (unpaired) electrons. The van der Waals surface area contributed by atoms with Crippen molar-refractivity contribution in [3.8, 4) is 0 Å². The molecular formula is C21H25NO3. The predicted octanol–water partition coefficient (Wildman–Crippen LogP) is 3.43. The molecule has 0 aromatic heterocycles. The fraction of sp³-hybridized carbons (Fsp3) is 0.333. The number of nitrogens with one attached hydrogen (secondary N) is 1. The first kappa shape index (κ1) is 18.9. The van der Waals surface area contributed by atoms with Gasteiger partial charge in [-0.15, -0.1) is 0 Å². The van der Waals surface area contributed by atoms with Gasteiger partial charge in [-0.05, 0) is 51.3 Å². The lowest BCUT2D eigenvalue weighted by atomic mass is 9.94. The van der Waals surface area contributed by atoms with Gasteiger partial charge in [0.05, 0.1) is 5.56 Å². The Hall–Kier alpha value is -2.46. The topological polar surface area (TPSA) is 66.4 Å². The van der Waals surface area contributed by atoms with Gasteiger partial charge in [0.25, 0.3) is 5.91 Å². The van der Waals surface area contributed by atoms with Crippen LogP contribution >= 0.6 is 0 Å². The number of carbonyl (C=O) groups excluding carboxylic acids is 2. The quantitative estimate of drug-likeness (QED) is 0.760. The van der Waals surface area contributed by atoms with E-state index < -0.39 is 0 Å². The van der Waals surface area contributed by atoms with Crippen LogP contribution in [0.1, 0.15) is 57.2 Å². The number of ketones is 1. The van der Waals surface area contributed by atoms with Crippen LogP contribution in [-0.4, -0.2) is 29.4 Å². The van der Waals surface area contributed by atoms with Crippen molar-refractivity contribution in [2.45, 2.75) is 39.7 Å². The van der Waals surface area contributed by atoms with Crippen molar-refractivity contribution in [3.63, 3.8) is 0 Å². The third-order valence-electron chi connectivity index (χ3n) is 4.23. The lowest BCUT2D eigenvalue weighted by molar-refractivity contribution is 0.0926. The number of carbonyl (C=O) groups is 2. The van der Waals surface area contributed by atoms with Crippen molar-refractivity contribution < 1.29 is 14.7 Å². The molecule has 4 heteroatoms. The van der Waals surface area contributed by atoms with Crippen molar-refractivity contribution in [1.82, 2.24) is 5.32 Å². The third-order valence-corrected chi connectivity index (χ3v) is 4.23. The maximum absolute atomic E-state index is 13.0. The Labute approximate surface area is 148 Å². The van der Waals surface area contributed by atoms with Crippen LogP contribution in [0.4, 0.5) is 0 Å². The molecule has 0 saturated carbocycles. The van der Waals surface area contributed by atoms with Gasteiger partial charge in [0.15, 0.2) is 5.78 Å². The highest BCUT2D eigenvalue weighted by molar-refractivity contribution is 6.16. The number of hydrogen-bond donors (Lipinski definition) is 2. The minimum absolute atomic E-state index is 0.0662. The van der Waals surface area contributed by atoms with E-state index in [1.807, 2.05) is 39.0 Å². The fourth-order valence-electron chi connectivity index (χ4n) is 2.78. The summed E-state index contributed by atoms with van der Waals surface area (Å²) in [4.78, 5) is 25.6. The summed E-state index contributed by atoms with van der Waals surface area (Å²) in [5.41, 5.74) is 3.30. The summed E-state index contributed by atoms with van der Waals surface area (Å²) in [6, 6.07) is 12.6. The van der Waals surface area contributed by atoms with Gasteiger partial charge in [0, 0.05) is 23.8 Å². The summed E-state index contributed by atoms with van der Waals surface area (Å²) in [6.07, 6.45) is 1.32. The Morgan fingerprint density at radius 2 is 1.72 bits per heavy atom. The van der Waals surface area contributed by atoms with Crippen molar-refractivity contribution >= 4 is 11.7 Å². The van der Waals surface area contributed by atoms with Gasteiger partial charge in [-0.2, -0.15) is 0 Å². The lowest BCUT2D eigenvalue weighted by Gasteiger charge is -2.15. The van der Waals surface area contributed by atoms with E-state index in [1.165, 1.54) is 0 Å². The average Bonchev–Trinajstić information content (AvgIpc) is 2.61. The molecule has 2 rings (SSSR count). The zero-order valence-electron chi connectivity index (χ0n) is 15.0. The van der Waals surface area contributed by atoms with Crippen LogP contribution in [0.3, 0.4) is 0 Å². The highest BCUT2D eigenvalue weighted by atomic mass is 16.3. The first-order chi connectivity index (χ1) is 11.9. The van der Waals surface area contributed by atoms with E-state index in [9.17, 15) is 9.59 Å². The molecule has 25 heavy (non-hydrogen) atoms. The molecule has 2 N–H and O–H groups in total. The van der Waals surface area contributed by atoms with E-state index in [0.29, 0.717) is 29.5 Å². The molecule has 0 aliphatic heterocycles. The van der Waals surface area contributed by atoms with Gasteiger partial charge in [-0.3, -0.25) is 9.59 Å². The first-order valence-corrected chi connectivity index (χ1v) is 8.56. The maximum atomic E-state index is 13.0. The molecule has 2 aromatic rings. The van der Waals surface area contributed by atoms with E-state index >= 15 is 0 Å². The zero-order chi connectivity index (χ0) is 18.4. The predicted molar refractivity (Wildman–Crippen MR) is 99.0 cm³/mol. The van der Waals surface area contributed by atoms with E-state index in [0.717, 1.165) is 11.1 Å². The zero-order valence-corrected chi connectivity index (χ0v) is 15.0. The SMILES string of the molecule is Cc1ccc(C)c(C(=O)c2ccccc2C(=O)NC(C)CCCO)c1. The molecule has 0 saturated heterocycles. The molecule has 0 spiro atoms. The highest BCUT2D eigenvalue weighted by Crippen LogP contribution is 2.19. The van der Waals surface area contributed by atoms with E-state index in [1.54, 1.807) is 24.3 Å². The monoisotopic (exact) mass is 339 g/mol. The molecular weight excluding hydrogens is 314 g/mol. The Morgan fingerprint density at radius 3 is 2.40 bits per heavy atom. The molecule has 0 aliphatic carbocycles. The Balaban J connectivity index is 2.30. The number of amides is 1. The van der Waals surface area contributed by atoms with E-state index in [2.05, 4.69) is 5.32 Å². The van der Waals surface area contributed by atoms with Crippen LogP contribution in [0.25, 0.3) is 0 Å². The summed E-state index contributed by atoms with van der Waals surface area (Å²) in [5.74, 6) is -0.408. The molecule has 2 aromatic carbocycles. The van der Waals surface area contributed by atoms with Crippen LogP contribution in [0.2, 0.25) is 0 Å². The van der Waals surface area contributed by atoms with Gasteiger partial charge in [-0.1, -0.05) is 35.9 Å². The van der Waals surface area contributed by atoms with Gasteiger partial charge in [-0.25, -0.2) is 0 Å². The van der Waals surface area contributed by atoms with Gasteiger partial charge >= 0.3 is 0 Å². The summed E-state index contributed by atoms with van der Waals surface area (Å²) >= 11 is 0. The Morgan fingerprint density at radius 1 is 1.04 bits per heavy atom. The largest absolute Gasteiger partial charge is 0.396 e. The van der Waals surface area contributed by atoms with Crippen LogP contribution in [0, 0.1) is 13.8 Å². The molecule has 4 nitrogen and oxygen atoms in total. The second-order valence-electron chi connectivity index (χ2n) is 6.43. The average molecular weight is 339 g/mol. The van der Waals surface area contributed by atoms with Crippen molar-refractivity contribution in [3.05, 3.63) is 70.3 Å². The molecule has 1 unspecified atom stereocenters. The number of rotatable bonds is 7. The molecule has 1 amide bonds. The minimum atomic E-state index is -0.264. The second-order valence-corrected chi connectivity index (χ2v) is 6.43. The van der Waals surface area contributed by atoms with Crippen LogP contribution in [0.5, 0.6) is 0 Å². The molecule has 0 fully saturated rings. The first-order valence-electron chi connectivity index (χ1n) is 8.56. The molecule has 0 bridgehead atoms. The summed E-state index contributed by atoms with van der Waals surface area (Å²) in [5, 5.41) is 11.8. The normalized spacial score (nSPS) is 11.8. The third kappa shape index (κ3) is 4.77. The number of aliphatic hydroxyl groups is 1. The number of aryl methyl sites for hydroxylation is 2. The number of hydrogen-bond acceptors (Lipinski definition) is 3. The van der Waals surface area contributed by atoms with Gasteiger partial charge < -0.3 is 10.4 Å². The van der Waals surface area contributed by atoms with Crippen LogP contribution in [0.15, 0.2) is 42.5 Å². The van der Waals surface area contributed by atoms with Gasteiger partial charge in [0.1, 0.15) is 0 Å². The number of aliphatic hydroxyl groups excluding tert-OH is 1. The smallest absolute Gasteiger partial charge is 0.252 e. The molecule has 0 heterocycles. The Bertz CT molecular complexity index is 767. The minimum Gasteiger partial charge on any atom is -0.396 e. The number of benzene rings is 2. The van der Waals surface area contributed by atoms with Crippen molar-refractivity contribution in [1.29, 1.82) is 0 Å². The maximum Gasteiger partial charge on any atom is 0.252 e. The van der Waals surface area contributed by atoms with E-state index in [4.69, 9.17) is 5.11 Å². The summed E-state index contributed by atoms with van der Waals surface area (Å²) in [7, 11) is 0.